The predicted molar refractivity (Wildman–Crippen MR) is 188 cm³/mol. The van der Waals surface area contributed by atoms with Gasteiger partial charge in [-0.3, -0.25) is 9.38 Å². The highest BCUT2D eigenvalue weighted by Gasteiger charge is 2.29. The van der Waals surface area contributed by atoms with Crippen molar-refractivity contribution >= 4 is 72.3 Å². The van der Waals surface area contributed by atoms with E-state index in [1.165, 1.54) is 0 Å². The second kappa shape index (κ2) is 9.99. The Labute approximate surface area is 259 Å². The van der Waals surface area contributed by atoms with Gasteiger partial charge in [-0.2, -0.15) is 0 Å². The topological polar surface area (TPSA) is 47.3 Å². The maximum atomic E-state index is 15.0. The van der Waals surface area contributed by atoms with Gasteiger partial charge in [0.2, 0.25) is 0 Å². The van der Waals surface area contributed by atoms with Crippen molar-refractivity contribution in [2.24, 2.45) is 0 Å². The molecule has 6 aromatic carbocycles. The van der Waals surface area contributed by atoms with Crippen LogP contribution in [0.3, 0.4) is 0 Å². The van der Waals surface area contributed by atoms with Crippen LogP contribution in [0.4, 0.5) is 0 Å². The zero-order chi connectivity index (χ0) is 30.0. The molecule has 0 bridgehead atoms. The van der Waals surface area contributed by atoms with E-state index >= 15 is 4.57 Å². The second-order valence-electron chi connectivity index (χ2n) is 11.4. The van der Waals surface area contributed by atoms with E-state index in [4.69, 9.17) is 9.97 Å². The third kappa shape index (κ3) is 3.96. The lowest BCUT2D eigenvalue weighted by Crippen LogP contribution is -2.24. The molecule has 4 nitrogen and oxygen atoms in total. The van der Waals surface area contributed by atoms with Crippen molar-refractivity contribution in [1.29, 1.82) is 0 Å². The summed E-state index contributed by atoms with van der Waals surface area (Å²) < 4.78 is 17.3. The minimum Gasteiger partial charge on any atom is -0.309 e. The van der Waals surface area contributed by atoms with E-state index in [1.54, 1.807) is 0 Å². The molecule has 9 rings (SSSR count). The molecule has 0 unspecified atom stereocenters. The van der Waals surface area contributed by atoms with E-state index < -0.39 is 7.14 Å². The summed E-state index contributed by atoms with van der Waals surface area (Å²) in [5, 5.41) is 6.79. The molecule has 0 N–H and O–H groups in total. The summed E-state index contributed by atoms with van der Waals surface area (Å²) in [4.78, 5) is 9.85. The van der Waals surface area contributed by atoms with Crippen LogP contribution in [-0.4, -0.2) is 14.4 Å². The number of nitrogens with zero attached hydrogens (tertiary/aromatic N) is 3. The molecule has 0 aliphatic heterocycles. The minimum atomic E-state index is -3.08. The SMILES string of the molecule is O=P(c1ccccc1)(c1ccccc1)c1ccc2ccc(-c3ccc4c(c3)nc3c5cccnc5c5ccccc5n43)cc2c1. The Morgan fingerprint density at radius 2 is 1.18 bits per heavy atom. The molecule has 45 heavy (non-hydrogen) atoms. The van der Waals surface area contributed by atoms with Gasteiger partial charge in [-0.1, -0.05) is 109 Å². The first kappa shape index (κ1) is 25.9. The van der Waals surface area contributed by atoms with E-state index in [0.717, 1.165) is 76.3 Å². The summed E-state index contributed by atoms with van der Waals surface area (Å²) in [5.74, 6) is 0. The third-order valence-corrected chi connectivity index (χ3v) is 11.9. The average molecular weight is 596 g/mol. The molecule has 5 heteroatoms. The number of benzene rings is 6. The lowest BCUT2D eigenvalue weighted by molar-refractivity contribution is 0.592. The van der Waals surface area contributed by atoms with Crippen LogP contribution in [0.25, 0.3) is 60.4 Å². The highest BCUT2D eigenvalue weighted by molar-refractivity contribution is 7.85. The highest BCUT2D eigenvalue weighted by atomic mass is 31.2. The standard InChI is InChI=1S/C40H26N3OP/c44-45(31-10-3-1-4-11-31,32-12-5-2-6-13-32)33-21-19-27-17-18-28(24-30(27)25-33)29-20-22-38-36(26-29)42-40-35-15-9-23-41-39(35)34-14-7-8-16-37(34)43(38)40/h1-26H. The number of aromatic nitrogens is 3. The molecule has 9 aromatic rings. The van der Waals surface area contributed by atoms with Gasteiger partial charge in [0.1, 0.15) is 5.65 Å². The molecular formula is C40H26N3OP. The van der Waals surface area contributed by atoms with Gasteiger partial charge in [0, 0.05) is 32.9 Å². The van der Waals surface area contributed by atoms with Crippen molar-refractivity contribution in [1.82, 2.24) is 14.4 Å². The Bertz CT molecular complexity index is 2580. The van der Waals surface area contributed by atoms with Crippen LogP contribution in [0.1, 0.15) is 0 Å². The lowest BCUT2D eigenvalue weighted by atomic mass is 10.0. The molecule has 0 radical (unpaired) electrons. The van der Waals surface area contributed by atoms with Gasteiger partial charge in [0.15, 0.2) is 7.14 Å². The monoisotopic (exact) mass is 595 g/mol. The second-order valence-corrected chi connectivity index (χ2v) is 14.2. The third-order valence-electron chi connectivity index (χ3n) is 8.86. The van der Waals surface area contributed by atoms with Crippen LogP contribution in [0.2, 0.25) is 0 Å². The van der Waals surface area contributed by atoms with Crippen LogP contribution in [-0.2, 0) is 4.57 Å². The minimum absolute atomic E-state index is 0.827. The molecule has 0 spiro atoms. The molecular weight excluding hydrogens is 569 g/mol. The maximum Gasteiger partial charge on any atom is 0.171 e. The smallest absolute Gasteiger partial charge is 0.171 e. The summed E-state index contributed by atoms with van der Waals surface area (Å²) in [6.45, 7) is 0. The van der Waals surface area contributed by atoms with Gasteiger partial charge in [-0.05, 0) is 64.4 Å². The fourth-order valence-corrected chi connectivity index (χ4v) is 9.37. The van der Waals surface area contributed by atoms with E-state index in [-0.39, 0.29) is 0 Å². The largest absolute Gasteiger partial charge is 0.309 e. The molecule has 0 saturated heterocycles. The Morgan fingerprint density at radius 1 is 0.511 bits per heavy atom. The van der Waals surface area contributed by atoms with Crippen LogP contribution in [0, 0.1) is 0 Å². The molecule has 0 atom stereocenters. The summed E-state index contributed by atoms with van der Waals surface area (Å²) in [7, 11) is -3.08. The van der Waals surface area contributed by atoms with Crippen molar-refractivity contribution < 1.29 is 4.57 Å². The van der Waals surface area contributed by atoms with E-state index in [9.17, 15) is 0 Å². The molecule has 3 aromatic heterocycles. The highest BCUT2D eigenvalue weighted by Crippen LogP contribution is 2.43. The zero-order valence-corrected chi connectivity index (χ0v) is 25.1. The first-order valence-corrected chi connectivity index (χ1v) is 16.7. The first-order chi connectivity index (χ1) is 22.2. The van der Waals surface area contributed by atoms with Gasteiger partial charge in [0.05, 0.1) is 22.1 Å². The van der Waals surface area contributed by atoms with Gasteiger partial charge in [0.25, 0.3) is 0 Å². The van der Waals surface area contributed by atoms with Crippen LogP contribution in [0.15, 0.2) is 158 Å². The number of pyridine rings is 2. The first-order valence-electron chi connectivity index (χ1n) is 15.0. The molecule has 0 saturated carbocycles. The van der Waals surface area contributed by atoms with Crippen LogP contribution < -0.4 is 15.9 Å². The Morgan fingerprint density at radius 3 is 1.98 bits per heavy atom. The van der Waals surface area contributed by atoms with E-state index in [2.05, 4.69) is 83.3 Å². The van der Waals surface area contributed by atoms with E-state index in [1.807, 2.05) is 79.0 Å². The van der Waals surface area contributed by atoms with Gasteiger partial charge in [-0.15, -0.1) is 0 Å². The number of hydrogen-bond donors (Lipinski definition) is 0. The fraction of sp³-hybridized carbons (Fsp3) is 0. The Balaban J connectivity index is 1.21. The number of para-hydroxylation sites is 1. The quantitative estimate of drug-likeness (QED) is 0.151. The van der Waals surface area contributed by atoms with Crippen molar-refractivity contribution in [2.75, 3.05) is 0 Å². The zero-order valence-electron chi connectivity index (χ0n) is 24.2. The Kier molecular flexibility index (Phi) is 5.74. The normalized spacial score (nSPS) is 12.1. The maximum absolute atomic E-state index is 15.0. The van der Waals surface area contributed by atoms with Crippen molar-refractivity contribution in [3.05, 3.63) is 158 Å². The molecule has 0 amide bonds. The molecule has 0 fully saturated rings. The molecule has 0 aliphatic rings. The average Bonchev–Trinajstić information content (AvgIpc) is 3.51. The lowest BCUT2D eigenvalue weighted by Gasteiger charge is -2.20. The Hall–Kier alpha value is -5.57. The number of hydrogen-bond acceptors (Lipinski definition) is 3. The fourth-order valence-electron chi connectivity index (χ4n) is 6.69. The van der Waals surface area contributed by atoms with Crippen molar-refractivity contribution in [3.63, 3.8) is 0 Å². The van der Waals surface area contributed by atoms with E-state index in [0.29, 0.717) is 0 Å². The van der Waals surface area contributed by atoms with Crippen molar-refractivity contribution in [3.8, 4) is 11.1 Å². The number of imidazole rings is 1. The molecule has 3 heterocycles. The number of fused-ring (bicyclic) bond motifs is 9. The summed E-state index contributed by atoms with van der Waals surface area (Å²) in [5.41, 5.74) is 7.12. The predicted octanol–water partition coefficient (Wildman–Crippen LogP) is 8.65. The van der Waals surface area contributed by atoms with Crippen LogP contribution in [0.5, 0.6) is 0 Å². The molecule has 0 aliphatic carbocycles. The summed E-state index contributed by atoms with van der Waals surface area (Å²) in [6, 6.07) is 51.3. The molecule has 212 valence electrons. The number of rotatable bonds is 4. The van der Waals surface area contributed by atoms with Crippen LogP contribution >= 0.6 is 7.14 Å². The van der Waals surface area contributed by atoms with Crippen molar-refractivity contribution in [2.45, 2.75) is 0 Å². The summed E-state index contributed by atoms with van der Waals surface area (Å²) >= 11 is 0. The van der Waals surface area contributed by atoms with Gasteiger partial charge >= 0.3 is 0 Å². The summed E-state index contributed by atoms with van der Waals surface area (Å²) in [6.07, 6.45) is 1.84. The van der Waals surface area contributed by atoms with Gasteiger partial charge in [-0.25, -0.2) is 4.98 Å². The van der Waals surface area contributed by atoms with Gasteiger partial charge < -0.3 is 4.57 Å².